The van der Waals surface area contributed by atoms with Gasteiger partial charge in [-0.15, -0.1) is 0 Å². The molecule has 1 aliphatic heterocycles. The van der Waals surface area contributed by atoms with E-state index in [1.807, 2.05) is 11.8 Å². The molecule has 0 spiro atoms. The van der Waals surface area contributed by atoms with E-state index in [9.17, 15) is 14.3 Å². The number of aromatic amines is 1. The summed E-state index contributed by atoms with van der Waals surface area (Å²) in [6, 6.07) is 4.57. The molecule has 4 nitrogen and oxygen atoms in total. The van der Waals surface area contributed by atoms with Gasteiger partial charge in [0.05, 0.1) is 12.5 Å². The lowest BCUT2D eigenvalue weighted by atomic mass is 9.92. The number of likely N-dealkylation sites (tertiary alicyclic amines) is 1. The summed E-state index contributed by atoms with van der Waals surface area (Å²) in [5.74, 6) is 0.0989. The molecule has 1 fully saturated rings. The minimum atomic E-state index is -0.305. The number of amides is 1. The number of hydrogen-bond donors (Lipinski definition) is 2. The van der Waals surface area contributed by atoms with Crippen LogP contribution in [0.15, 0.2) is 24.4 Å². The smallest absolute Gasteiger partial charge is 0.227 e. The van der Waals surface area contributed by atoms with Gasteiger partial charge >= 0.3 is 0 Å². The van der Waals surface area contributed by atoms with E-state index in [4.69, 9.17) is 0 Å². The van der Waals surface area contributed by atoms with Crippen LogP contribution < -0.4 is 0 Å². The number of carbonyl (C=O) groups excluding carboxylic acids is 1. The number of nitrogens with zero attached hydrogens (tertiary/aromatic N) is 1. The third kappa shape index (κ3) is 2.99. The largest absolute Gasteiger partial charge is 0.393 e. The second-order valence-corrected chi connectivity index (χ2v) is 6.14. The average molecular weight is 304 g/mol. The Morgan fingerprint density at radius 3 is 2.86 bits per heavy atom. The van der Waals surface area contributed by atoms with Crippen molar-refractivity contribution < 1.29 is 14.3 Å². The quantitative estimate of drug-likeness (QED) is 0.915. The van der Waals surface area contributed by atoms with Gasteiger partial charge in [0.15, 0.2) is 0 Å². The van der Waals surface area contributed by atoms with Crippen molar-refractivity contribution in [3.63, 3.8) is 0 Å². The van der Waals surface area contributed by atoms with E-state index in [0.717, 1.165) is 29.3 Å². The van der Waals surface area contributed by atoms with Gasteiger partial charge in [-0.05, 0) is 49.4 Å². The standard InChI is InChI=1S/C17H21FN2O2/c1-11(21)12-4-6-20(7-5-12)17(22)8-13-10-19-16-9-14(18)2-3-15(13)16/h2-3,9-12,19,21H,4-8H2,1H3. The summed E-state index contributed by atoms with van der Waals surface area (Å²) < 4.78 is 13.2. The molecule has 0 aliphatic carbocycles. The Labute approximate surface area is 128 Å². The Morgan fingerprint density at radius 2 is 2.18 bits per heavy atom. The zero-order valence-corrected chi connectivity index (χ0v) is 12.7. The van der Waals surface area contributed by atoms with Crippen LogP contribution in [0.3, 0.4) is 0 Å². The second kappa shape index (κ2) is 6.08. The van der Waals surface area contributed by atoms with Crippen LogP contribution in [0.5, 0.6) is 0 Å². The Kier molecular flexibility index (Phi) is 4.16. The number of piperidine rings is 1. The minimum Gasteiger partial charge on any atom is -0.393 e. The first-order valence-electron chi connectivity index (χ1n) is 7.76. The first kappa shape index (κ1) is 15.0. The molecule has 0 bridgehead atoms. The Balaban J connectivity index is 1.66. The summed E-state index contributed by atoms with van der Waals surface area (Å²) in [6.45, 7) is 3.21. The fourth-order valence-corrected chi connectivity index (χ4v) is 3.21. The highest BCUT2D eigenvalue weighted by Crippen LogP contribution is 2.23. The topological polar surface area (TPSA) is 56.3 Å². The van der Waals surface area contributed by atoms with Crippen molar-refractivity contribution in [2.45, 2.75) is 32.3 Å². The van der Waals surface area contributed by atoms with E-state index in [2.05, 4.69) is 4.98 Å². The number of rotatable bonds is 3. The van der Waals surface area contributed by atoms with Gasteiger partial charge in [0, 0.05) is 30.2 Å². The van der Waals surface area contributed by atoms with Crippen molar-refractivity contribution in [2.24, 2.45) is 5.92 Å². The van der Waals surface area contributed by atoms with E-state index in [1.54, 1.807) is 12.3 Å². The van der Waals surface area contributed by atoms with Crippen molar-refractivity contribution in [1.82, 2.24) is 9.88 Å². The third-order valence-electron chi connectivity index (χ3n) is 4.65. The number of fused-ring (bicyclic) bond motifs is 1. The van der Waals surface area contributed by atoms with Crippen LogP contribution >= 0.6 is 0 Å². The molecule has 1 atom stereocenters. The van der Waals surface area contributed by atoms with E-state index >= 15 is 0 Å². The highest BCUT2D eigenvalue weighted by molar-refractivity contribution is 5.89. The molecule has 2 heterocycles. The molecular formula is C17H21FN2O2. The lowest BCUT2D eigenvalue weighted by Crippen LogP contribution is -2.41. The van der Waals surface area contributed by atoms with E-state index in [1.165, 1.54) is 12.1 Å². The average Bonchev–Trinajstić information content (AvgIpc) is 2.89. The van der Waals surface area contributed by atoms with Crippen LogP contribution in [-0.2, 0) is 11.2 Å². The van der Waals surface area contributed by atoms with E-state index in [0.29, 0.717) is 25.4 Å². The monoisotopic (exact) mass is 304 g/mol. The number of benzene rings is 1. The molecule has 0 radical (unpaired) electrons. The number of aromatic nitrogens is 1. The molecular weight excluding hydrogens is 283 g/mol. The molecule has 2 N–H and O–H groups in total. The third-order valence-corrected chi connectivity index (χ3v) is 4.65. The first-order valence-corrected chi connectivity index (χ1v) is 7.76. The van der Waals surface area contributed by atoms with Gasteiger partial charge in [0.25, 0.3) is 0 Å². The lowest BCUT2D eigenvalue weighted by molar-refractivity contribution is -0.132. The maximum Gasteiger partial charge on any atom is 0.227 e. The molecule has 0 saturated carbocycles. The van der Waals surface area contributed by atoms with Gasteiger partial charge in [0.1, 0.15) is 5.82 Å². The van der Waals surface area contributed by atoms with Crippen molar-refractivity contribution in [3.8, 4) is 0 Å². The zero-order chi connectivity index (χ0) is 15.7. The molecule has 1 aliphatic rings. The maximum atomic E-state index is 13.2. The summed E-state index contributed by atoms with van der Waals surface area (Å²) in [4.78, 5) is 17.3. The normalized spacial score (nSPS) is 17.9. The molecule has 22 heavy (non-hydrogen) atoms. The summed E-state index contributed by atoms with van der Waals surface area (Å²) >= 11 is 0. The predicted octanol–water partition coefficient (Wildman–Crippen LogP) is 2.47. The fraction of sp³-hybridized carbons (Fsp3) is 0.471. The maximum absolute atomic E-state index is 13.2. The summed E-state index contributed by atoms with van der Waals surface area (Å²) in [5, 5.41) is 10.5. The van der Waals surface area contributed by atoms with Gasteiger partial charge in [-0.3, -0.25) is 4.79 Å². The van der Waals surface area contributed by atoms with Gasteiger partial charge in [-0.2, -0.15) is 0 Å². The first-order chi connectivity index (χ1) is 10.5. The van der Waals surface area contributed by atoms with Crippen LogP contribution in [-0.4, -0.2) is 40.1 Å². The van der Waals surface area contributed by atoms with Gasteiger partial charge in [-0.1, -0.05) is 0 Å². The Hall–Kier alpha value is -1.88. The Bertz CT molecular complexity index is 672. The molecule has 1 aromatic carbocycles. The number of aliphatic hydroxyl groups excluding tert-OH is 1. The summed E-state index contributed by atoms with van der Waals surface area (Å²) in [7, 11) is 0. The van der Waals surface area contributed by atoms with Crippen molar-refractivity contribution in [2.75, 3.05) is 13.1 Å². The van der Waals surface area contributed by atoms with Gasteiger partial charge < -0.3 is 15.0 Å². The molecule has 118 valence electrons. The number of aliphatic hydroxyl groups is 1. The molecule has 3 rings (SSSR count). The lowest BCUT2D eigenvalue weighted by Gasteiger charge is -2.33. The predicted molar refractivity (Wildman–Crippen MR) is 82.9 cm³/mol. The zero-order valence-electron chi connectivity index (χ0n) is 12.7. The molecule has 1 unspecified atom stereocenters. The SMILES string of the molecule is CC(O)C1CCN(C(=O)Cc2c[nH]c3cc(F)ccc23)CC1. The van der Waals surface area contributed by atoms with Crippen LogP contribution in [0.1, 0.15) is 25.3 Å². The number of nitrogens with one attached hydrogen (secondary N) is 1. The fourth-order valence-electron chi connectivity index (χ4n) is 3.21. The molecule has 2 aromatic rings. The molecule has 1 amide bonds. The van der Waals surface area contributed by atoms with E-state index in [-0.39, 0.29) is 17.8 Å². The van der Waals surface area contributed by atoms with Crippen LogP contribution in [0.4, 0.5) is 4.39 Å². The number of carbonyl (C=O) groups is 1. The highest BCUT2D eigenvalue weighted by Gasteiger charge is 2.25. The molecule has 5 heteroatoms. The summed E-state index contributed by atoms with van der Waals surface area (Å²) in [5.41, 5.74) is 1.62. The van der Waals surface area contributed by atoms with Crippen LogP contribution in [0.25, 0.3) is 10.9 Å². The van der Waals surface area contributed by atoms with Crippen molar-refractivity contribution >= 4 is 16.8 Å². The van der Waals surface area contributed by atoms with Crippen LogP contribution in [0, 0.1) is 11.7 Å². The minimum absolute atomic E-state index is 0.0919. The van der Waals surface area contributed by atoms with Crippen LogP contribution in [0.2, 0.25) is 0 Å². The number of hydrogen-bond acceptors (Lipinski definition) is 2. The van der Waals surface area contributed by atoms with Gasteiger partial charge in [-0.25, -0.2) is 4.39 Å². The number of H-pyrrole nitrogens is 1. The molecule has 1 saturated heterocycles. The van der Waals surface area contributed by atoms with Crippen molar-refractivity contribution in [3.05, 3.63) is 35.8 Å². The highest BCUT2D eigenvalue weighted by atomic mass is 19.1. The molecule has 1 aromatic heterocycles. The summed E-state index contributed by atoms with van der Waals surface area (Å²) in [6.07, 6.45) is 3.50. The number of halogens is 1. The second-order valence-electron chi connectivity index (χ2n) is 6.14. The Morgan fingerprint density at radius 1 is 1.45 bits per heavy atom. The van der Waals surface area contributed by atoms with E-state index < -0.39 is 0 Å². The van der Waals surface area contributed by atoms with Crippen molar-refractivity contribution in [1.29, 1.82) is 0 Å². The van der Waals surface area contributed by atoms with Gasteiger partial charge in [0.2, 0.25) is 5.91 Å².